The van der Waals surface area contributed by atoms with Gasteiger partial charge in [0.15, 0.2) is 5.82 Å². The zero-order valence-corrected chi connectivity index (χ0v) is 16.4. The molecule has 4 rings (SSSR count). The highest BCUT2D eigenvalue weighted by Crippen LogP contribution is 2.22. The van der Waals surface area contributed by atoms with Gasteiger partial charge in [0.05, 0.1) is 18.6 Å². The fraction of sp³-hybridized carbons (Fsp3) is 0.318. The molecule has 3 aromatic rings. The van der Waals surface area contributed by atoms with Crippen LogP contribution in [0.4, 0.5) is 11.5 Å². The minimum Gasteiger partial charge on any atom is -0.378 e. The number of hydrogen-bond acceptors (Lipinski definition) is 5. The van der Waals surface area contributed by atoms with E-state index in [1.54, 1.807) is 6.07 Å². The largest absolute Gasteiger partial charge is 0.378 e. The van der Waals surface area contributed by atoms with E-state index >= 15 is 0 Å². The Morgan fingerprint density at radius 3 is 2.62 bits per heavy atom. The topological polar surface area (TPSA) is 76.5 Å². The van der Waals surface area contributed by atoms with Crippen molar-refractivity contribution in [3.05, 3.63) is 64.4 Å². The van der Waals surface area contributed by atoms with Gasteiger partial charge in [-0.2, -0.15) is 5.10 Å². The molecule has 0 saturated carbocycles. The average Bonchev–Trinajstić information content (AvgIpc) is 2.76. The van der Waals surface area contributed by atoms with E-state index in [-0.39, 0.29) is 18.0 Å². The average molecular weight is 392 g/mol. The summed E-state index contributed by atoms with van der Waals surface area (Å²) < 4.78 is 6.69. The SMILES string of the molecule is CCc1cccc(NC(=O)Cn2nc(N3CCOCC3)c3ccccc3c2=O)c1. The molecule has 150 valence electrons. The first kappa shape index (κ1) is 19.1. The molecule has 7 nitrogen and oxygen atoms in total. The van der Waals surface area contributed by atoms with Crippen molar-refractivity contribution in [2.75, 3.05) is 36.5 Å². The highest BCUT2D eigenvalue weighted by atomic mass is 16.5. The van der Waals surface area contributed by atoms with Crippen molar-refractivity contribution in [3.8, 4) is 0 Å². The molecule has 7 heteroatoms. The van der Waals surface area contributed by atoms with Gasteiger partial charge < -0.3 is 15.0 Å². The molecule has 1 fully saturated rings. The molecule has 0 unspecified atom stereocenters. The fourth-order valence-electron chi connectivity index (χ4n) is 3.54. The van der Waals surface area contributed by atoms with E-state index in [1.807, 2.05) is 42.5 Å². The lowest BCUT2D eigenvalue weighted by Gasteiger charge is -2.29. The lowest BCUT2D eigenvalue weighted by atomic mass is 10.1. The van der Waals surface area contributed by atoms with Crippen LogP contribution in [0.5, 0.6) is 0 Å². The third kappa shape index (κ3) is 4.14. The normalized spacial score (nSPS) is 14.2. The zero-order chi connectivity index (χ0) is 20.2. The highest BCUT2D eigenvalue weighted by molar-refractivity contribution is 5.93. The number of nitrogens with one attached hydrogen (secondary N) is 1. The molecule has 29 heavy (non-hydrogen) atoms. The van der Waals surface area contributed by atoms with E-state index in [9.17, 15) is 9.59 Å². The van der Waals surface area contributed by atoms with Gasteiger partial charge in [0, 0.05) is 24.2 Å². The Morgan fingerprint density at radius 2 is 1.86 bits per heavy atom. The predicted molar refractivity (Wildman–Crippen MR) is 113 cm³/mol. The standard InChI is InChI=1S/C22H24N4O3/c1-2-16-6-5-7-17(14-16)23-20(27)15-26-22(28)19-9-4-3-8-18(19)21(24-26)25-10-12-29-13-11-25/h3-9,14H,2,10-13,15H2,1H3,(H,23,27). The summed E-state index contributed by atoms with van der Waals surface area (Å²) in [6.45, 7) is 4.55. The molecule has 1 aliphatic rings. The van der Waals surface area contributed by atoms with Crippen LogP contribution in [0.1, 0.15) is 12.5 Å². The second-order valence-corrected chi connectivity index (χ2v) is 7.03. The van der Waals surface area contributed by atoms with E-state index in [1.165, 1.54) is 4.68 Å². The van der Waals surface area contributed by atoms with Gasteiger partial charge in [-0.1, -0.05) is 37.3 Å². The number of aryl methyl sites for hydroxylation is 1. The number of morpholine rings is 1. The molecule has 1 saturated heterocycles. The predicted octanol–water partition coefficient (Wildman–Crippen LogP) is 2.43. The first-order valence-corrected chi connectivity index (χ1v) is 9.87. The summed E-state index contributed by atoms with van der Waals surface area (Å²) in [5.41, 5.74) is 1.59. The number of amides is 1. The second-order valence-electron chi connectivity index (χ2n) is 7.03. The lowest BCUT2D eigenvalue weighted by molar-refractivity contribution is -0.117. The number of hydrogen-bond donors (Lipinski definition) is 1. The van der Waals surface area contributed by atoms with Gasteiger partial charge in [-0.25, -0.2) is 4.68 Å². The lowest BCUT2D eigenvalue weighted by Crippen LogP contribution is -2.39. The van der Waals surface area contributed by atoms with Gasteiger partial charge in [-0.05, 0) is 30.2 Å². The van der Waals surface area contributed by atoms with E-state index in [0.29, 0.717) is 37.5 Å². The Hall–Kier alpha value is -3.19. The Kier molecular flexibility index (Phi) is 5.57. The van der Waals surface area contributed by atoms with Crippen molar-refractivity contribution >= 4 is 28.2 Å². The summed E-state index contributed by atoms with van der Waals surface area (Å²) in [6, 6.07) is 15.1. The van der Waals surface area contributed by atoms with Crippen LogP contribution in [0, 0.1) is 0 Å². The van der Waals surface area contributed by atoms with E-state index in [4.69, 9.17) is 4.74 Å². The maximum Gasteiger partial charge on any atom is 0.275 e. The summed E-state index contributed by atoms with van der Waals surface area (Å²) in [4.78, 5) is 27.6. The molecule has 1 aliphatic heterocycles. The fourth-order valence-corrected chi connectivity index (χ4v) is 3.54. The van der Waals surface area contributed by atoms with Crippen LogP contribution in [0.25, 0.3) is 10.8 Å². The van der Waals surface area contributed by atoms with Crippen LogP contribution in [0.2, 0.25) is 0 Å². The third-order valence-corrected chi connectivity index (χ3v) is 5.07. The molecular formula is C22H24N4O3. The minimum absolute atomic E-state index is 0.142. The van der Waals surface area contributed by atoms with Gasteiger partial charge in [-0.15, -0.1) is 0 Å². The number of fused-ring (bicyclic) bond motifs is 1. The first-order chi connectivity index (χ1) is 14.2. The summed E-state index contributed by atoms with van der Waals surface area (Å²) in [5.74, 6) is 0.431. The van der Waals surface area contributed by atoms with Crippen LogP contribution >= 0.6 is 0 Å². The third-order valence-electron chi connectivity index (χ3n) is 5.07. The zero-order valence-electron chi connectivity index (χ0n) is 16.4. The molecular weight excluding hydrogens is 368 g/mol. The molecule has 0 aliphatic carbocycles. The van der Waals surface area contributed by atoms with Crippen LogP contribution in [-0.2, 0) is 22.5 Å². The van der Waals surface area contributed by atoms with Gasteiger partial charge in [0.2, 0.25) is 5.91 Å². The Labute approximate surface area is 168 Å². The molecule has 2 heterocycles. The smallest absolute Gasteiger partial charge is 0.275 e. The second kappa shape index (κ2) is 8.45. The molecule has 1 N–H and O–H groups in total. The highest BCUT2D eigenvalue weighted by Gasteiger charge is 2.19. The quantitative estimate of drug-likeness (QED) is 0.722. The Balaban J connectivity index is 1.65. The number of benzene rings is 2. The summed E-state index contributed by atoms with van der Waals surface area (Å²) in [7, 11) is 0. The molecule has 1 amide bonds. The van der Waals surface area contributed by atoms with Crippen molar-refractivity contribution < 1.29 is 9.53 Å². The van der Waals surface area contributed by atoms with Crippen LogP contribution < -0.4 is 15.8 Å². The Morgan fingerprint density at radius 1 is 1.10 bits per heavy atom. The van der Waals surface area contributed by atoms with Gasteiger partial charge in [0.1, 0.15) is 6.54 Å². The van der Waals surface area contributed by atoms with Crippen LogP contribution in [0.3, 0.4) is 0 Å². The van der Waals surface area contributed by atoms with E-state index < -0.39 is 0 Å². The maximum absolute atomic E-state index is 12.9. The summed E-state index contributed by atoms with van der Waals surface area (Å²) in [6.07, 6.45) is 0.887. The Bertz CT molecular complexity index is 1090. The van der Waals surface area contributed by atoms with Crippen LogP contribution in [-0.4, -0.2) is 42.0 Å². The van der Waals surface area contributed by atoms with Crippen molar-refractivity contribution in [1.29, 1.82) is 0 Å². The minimum atomic E-state index is -0.281. The summed E-state index contributed by atoms with van der Waals surface area (Å²) >= 11 is 0. The molecule has 1 aromatic heterocycles. The number of aromatic nitrogens is 2. The van der Waals surface area contributed by atoms with Crippen LogP contribution in [0.15, 0.2) is 53.3 Å². The molecule has 0 atom stereocenters. The number of ether oxygens (including phenoxy) is 1. The number of carbonyl (C=O) groups excluding carboxylic acids is 1. The molecule has 0 spiro atoms. The van der Waals surface area contributed by atoms with Gasteiger partial charge in [-0.3, -0.25) is 9.59 Å². The van der Waals surface area contributed by atoms with Gasteiger partial charge in [0.25, 0.3) is 5.56 Å². The number of carbonyl (C=O) groups is 1. The number of nitrogens with zero attached hydrogens (tertiary/aromatic N) is 3. The van der Waals surface area contributed by atoms with E-state index in [2.05, 4.69) is 22.2 Å². The maximum atomic E-state index is 12.9. The van der Waals surface area contributed by atoms with Crippen molar-refractivity contribution in [3.63, 3.8) is 0 Å². The van der Waals surface area contributed by atoms with Crippen molar-refractivity contribution in [2.45, 2.75) is 19.9 Å². The van der Waals surface area contributed by atoms with Gasteiger partial charge >= 0.3 is 0 Å². The summed E-state index contributed by atoms with van der Waals surface area (Å²) in [5, 5.41) is 8.78. The number of anilines is 2. The van der Waals surface area contributed by atoms with Crippen molar-refractivity contribution in [1.82, 2.24) is 9.78 Å². The molecule has 2 aromatic carbocycles. The van der Waals surface area contributed by atoms with Crippen molar-refractivity contribution in [2.24, 2.45) is 0 Å². The monoisotopic (exact) mass is 392 g/mol. The molecule has 0 radical (unpaired) electrons. The number of rotatable bonds is 5. The van der Waals surface area contributed by atoms with E-state index in [0.717, 1.165) is 23.1 Å². The first-order valence-electron chi connectivity index (χ1n) is 9.87. The molecule has 0 bridgehead atoms.